The van der Waals surface area contributed by atoms with E-state index in [-0.39, 0.29) is 18.3 Å². The molecule has 2 N–H and O–H groups in total. The lowest BCUT2D eigenvalue weighted by molar-refractivity contribution is -0.133. The fourth-order valence-corrected chi connectivity index (χ4v) is 4.64. The summed E-state index contributed by atoms with van der Waals surface area (Å²) in [7, 11) is 2.98. The van der Waals surface area contributed by atoms with Gasteiger partial charge in [0.15, 0.2) is 18.1 Å². The summed E-state index contributed by atoms with van der Waals surface area (Å²) < 4.78 is 16.9. The Morgan fingerprint density at radius 1 is 0.951 bits per heavy atom. The van der Waals surface area contributed by atoms with Gasteiger partial charge >= 0.3 is 0 Å². The lowest BCUT2D eigenvalue weighted by Crippen LogP contribution is -2.50. The molecule has 2 amide bonds. The zero-order chi connectivity index (χ0) is 29.5. The summed E-state index contributed by atoms with van der Waals surface area (Å²) in [6.07, 6.45) is 1.45. The number of piperazine rings is 1. The van der Waals surface area contributed by atoms with Crippen molar-refractivity contribution in [3.05, 3.63) is 76.3 Å². The number of carbonyl (C=O) groups excluding carboxylic acids is 2. The smallest absolute Gasteiger partial charge is 0.271 e. The lowest BCUT2D eigenvalue weighted by atomic mass is 10.1. The zero-order valence-corrected chi connectivity index (χ0v) is 24.1. The van der Waals surface area contributed by atoms with E-state index in [1.54, 1.807) is 30.0 Å². The van der Waals surface area contributed by atoms with Crippen LogP contribution in [0.1, 0.15) is 32.6 Å². The van der Waals surface area contributed by atoms with Crippen LogP contribution in [0.5, 0.6) is 23.0 Å². The number of hydrazone groups is 1. The highest BCUT2D eigenvalue weighted by molar-refractivity contribution is 5.95. The summed E-state index contributed by atoms with van der Waals surface area (Å²) in [6, 6.07) is 14.2. The van der Waals surface area contributed by atoms with E-state index in [1.165, 1.54) is 49.4 Å². The Morgan fingerprint density at radius 3 is 2.27 bits per heavy atom. The molecule has 0 aromatic heterocycles. The van der Waals surface area contributed by atoms with Gasteiger partial charge in [0.2, 0.25) is 5.75 Å². The largest absolute Gasteiger partial charge is 0.508 e. The van der Waals surface area contributed by atoms with Crippen LogP contribution in [-0.2, 0) is 4.79 Å². The average molecular weight is 561 g/mol. The molecule has 0 radical (unpaired) electrons. The van der Waals surface area contributed by atoms with E-state index < -0.39 is 5.91 Å². The molecule has 1 fully saturated rings. The maximum absolute atomic E-state index is 13.0. The quantitative estimate of drug-likeness (QED) is 0.302. The van der Waals surface area contributed by atoms with Crippen molar-refractivity contribution in [1.29, 1.82) is 0 Å². The van der Waals surface area contributed by atoms with Crippen molar-refractivity contribution in [2.45, 2.75) is 20.8 Å². The second kappa shape index (κ2) is 13.1. The minimum Gasteiger partial charge on any atom is -0.508 e. The van der Waals surface area contributed by atoms with Gasteiger partial charge in [-0.2, -0.15) is 5.10 Å². The van der Waals surface area contributed by atoms with Crippen LogP contribution in [0.15, 0.2) is 53.6 Å². The summed E-state index contributed by atoms with van der Waals surface area (Å²) >= 11 is 0. The Morgan fingerprint density at radius 2 is 1.63 bits per heavy atom. The fraction of sp³-hybridized carbons (Fsp3) is 0.323. The van der Waals surface area contributed by atoms with Gasteiger partial charge in [-0.3, -0.25) is 9.59 Å². The van der Waals surface area contributed by atoms with Crippen LogP contribution < -0.4 is 24.5 Å². The maximum atomic E-state index is 13.0. The van der Waals surface area contributed by atoms with Crippen molar-refractivity contribution >= 4 is 23.7 Å². The first-order chi connectivity index (χ1) is 19.7. The predicted molar refractivity (Wildman–Crippen MR) is 158 cm³/mol. The summed E-state index contributed by atoms with van der Waals surface area (Å²) in [5.74, 6) is 0.601. The van der Waals surface area contributed by atoms with Crippen LogP contribution in [0.25, 0.3) is 0 Å². The number of carbonyl (C=O) groups is 2. The number of hydrogen-bond acceptors (Lipinski definition) is 8. The van der Waals surface area contributed by atoms with Crippen LogP contribution in [0.2, 0.25) is 0 Å². The van der Waals surface area contributed by atoms with Gasteiger partial charge in [-0.25, -0.2) is 5.43 Å². The molecule has 4 rings (SSSR count). The number of aromatic hydroxyl groups is 1. The second-order valence-electron chi connectivity index (χ2n) is 9.83. The number of methoxy groups -OCH3 is 2. The number of anilines is 1. The van der Waals surface area contributed by atoms with Crippen molar-refractivity contribution < 1.29 is 28.9 Å². The molecule has 0 atom stereocenters. The minimum atomic E-state index is -0.420. The molecule has 1 aliphatic heterocycles. The highest BCUT2D eigenvalue weighted by Gasteiger charge is 2.24. The number of rotatable bonds is 9. The van der Waals surface area contributed by atoms with Gasteiger partial charge in [0.05, 0.1) is 20.4 Å². The van der Waals surface area contributed by atoms with E-state index in [0.717, 1.165) is 13.1 Å². The van der Waals surface area contributed by atoms with Crippen LogP contribution >= 0.6 is 0 Å². The number of nitrogens with one attached hydrogen (secondary N) is 1. The molecule has 3 aromatic carbocycles. The summed E-state index contributed by atoms with van der Waals surface area (Å²) in [6.45, 7) is 8.49. The van der Waals surface area contributed by atoms with E-state index in [0.29, 0.717) is 47.0 Å². The topological polar surface area (TPSA) is 113 Å². The summed E-state index contributed by atoms with van der Waals surface area (Å²) in [4.78, 5) is 29.5. The number of benzene rings is 3. The third-order valence-electron chi connectivity index (χ3n) is 7.21. The van der Waals surface area contributed by atoms with Crippen molar-refractivity contribution in [3.63, 3.8) is 0 Å². The van der Waals surface area contributed by atoms with Gasteiger partial charge < -0.3 is 29.1 Å². The highest BCUT2D eigenvalue weighted by atomic mass is 16.5. The normalized spacial score (nSPS) is 13.3. The van der Waals surface area contributed by atoms with E-state index >= 15 is 0 Å². The molecule has 0 spiro atoms. The van der Waals surface area contributed by atoms with Crippen LogP contribution in [0.3, 0.4) is 0 Å². The lowest BCUT2D eigenvalue weighted by Gasteiger charge is -2.37. The number of phenols is 1. The van der Waals surface area contributed by atoms with E-state index in [4.69, 9.17) is 14.2 Å². The van der Waals surface area contributed by atoms with Crippen LogP contribution in [-0.4, -0.2) is 75.0 Å². The molecule has 0 bridgehead atoms. The number of ether oxygens (including phenoxy) is 3. The van der Waals surface area contributed by atoms with Gasteiger partial charge in [0.1, 0.15) is 5.75 Å². The first-order valence-corrected chi connectivity index (χ1v) is 13.3. The number of hydrogen-bond donors (Lipinski definition) is 2. The molecule has 0 unspecified atom stereocenters. The predicted octanol–water partition coefficient (Wildman–Crippen LogP) is 3.83. The van der Waals surface area contributed by atoms with Gasteiger partial charge in [0.25, 0.3) is 11.8 Å². The third kappa shape index (κ3) is 6.89. The van der Waals surface area contributed by atoms with Gasteiger partial charge in [0, 0.05) is 43.0 Å². The molecular weight excluding hydrogens is 524 g/mol. The molecule has 10 heteroatoms. The average Bonchev–Trinajstić information content (AvgIpc) is 2.98. The molecule has 10 nitrogen and oxygen atoms in total. The number of phenolic OH excluding ortho intramolecular Hbond substituents is 1. The number of nitrogens with zero attached hydrogens (tertiary/aromatic N) is 3. The first kappa shape index (κ1) is 29.3. The Balaban J connectivity index is 1.36. The molecule has 0 aliphatic carbocycles. The number of amides is 2. The molecule has 216 valence electrons. The summed E-state index contributed by atoms with van der Waals surface area (Å²) in [5.41, 5.74) is 7.73. The molecule has 1 heterocycles. The molecule has 1 saturated heterocycles. The van der Waals surface area contributed by atoms with Crippen molar-refractivity contribution in [3.8, 4) is 23.0 Å². The molecule has 1 aliphatic rings. The Labute approximate surface area is 240 Å². The Hall–Kier alpha value is -4.73. The monoisotopic (exact) mass is 560 g/mol. The van der Waals surface area contributed by atoms with E-state index in [9.17, 15) is 14.7 Å². The maximum Gasteiger partial charge on any atom is 0.271 e. The van der Waals surface area contributed by atoms with Crippen LogP contribution in [0.4, 0.5) is 5.69 Å². The van der Waals surface area contributed by atoms with Gasteiger partial charge in [-0.05, 0) is 73.9 Å². The van der Waals surface area contributed by atoms with Crippen molar-refractivity contribution in [2.75, 3.05) is 51.9 Å². The van der Waals surface area contributed by atoms with Crippen LogP contribution in [0, 0.1) is 20.8 Å². The Kier molecular flexibility index (Phi) is 9.34. The van der Waals surface area contributed by atoms with Gasteiger partial charge in [-0.15, -0.1) is 0 Å². The molecule has 0 saturated carbocycles. The Bertz CT molecular complexity index is 1420. The molecule has 3 aromatic rings. The summed E-state index contributed by atoms with van der Waals surface area (Å²) in [5, 5.41) is 13.7. The standard InChI is InChI=1S/C31H36N4O6/c1-20-7-6-8-25(22(20)3)34-11-13-35(14-12-34)29(37)19-41-30-27(39-4)16-23(17-28(30)40-5)18-32-33-31(38)24-9-10-26(36)21(2)15-24/h6-10,15-18,36H,11-14,19H2,1-5H3,(H,33,38)/b32-18+. The number of aryl methyl sites for hydroxylation is 2. The van der Waals surface area contributed by atoms with Crippen molar-refractivity contribution in [2.24, 2.45) is 5.10 Å². The molecular formula is C31H36N4O6. The SMILES string of the molecule is COc1cc(/C=N/NC(=O)c2ccc(O)c(C)c2)cc(OC)c1OCC(=O)N1CCN(c2cccc(C)c2C)CC1. The molecule has 41 heavy (non-hydrogen) atoms. The highest BCUT2D eigenvalue weighted by Crippen LogP contribution is 2.38. The second-order valence-corrected chi connectivity index (χ2v) is 9.83. The first-order valence-electron chi connectivity index (χ1n) is 13.3. The van der Waals surface area contributed by atoms with Gasteiger partial charge in [-0.1, -0.05) is 12.1 Å². The van der Waals surface area contributed by atoms with E-state index in [2.05, 4.69) is 47.5 Å². The van der Waals surface area contributed by atoms with E-state index in [1.807, 2.05) is 0 Å². The zero-order valence-electron chi connectivity index (χ0n) is 24.1. The van der Waals surface area contributed by atoms with Crippen molar-refractivity contribution in [1.82, 2.24) is 10.3 Å². The third-order valence-corrected chi connectivity index (χ3v) is 7.21. The fourth-order valence-electron chi connectivity index (χ4n) is 4.64. The minimum absolute atomic E-state index is 0.115.